The average Bonchev–Trinajstić information content (AvgIpc) is 2.28. The second kappa shape index (κ2) is 5.82. The number of carbonyl (C=O) groups is 2. The first kappa shape index (κ1) is 13.5. The van der Waals surface area contributed by atoms with E-state index in [1.807, 2.05) is 0 Å². The van der Waals surface area contributed by atoms with Gasteiger partial charge >= 0.3 is 0 Å². The molecule has 4 nitrogen and oxygen atoms in total. The summed E-state index contributed by atoms with van der Waals surface area (Å²) in [4.78, 5) is 22.8. The summed E-state index contributed by atoms with van der Waals surface area (Å²) in [6.07, 6.45) is 3.44. The number of amides is 2. The van der Waals surface area contributed by atoms with Gasteiger partial charge in [-0.1, -0.05) is 6.42 Å². The molecule has 1 saturated carbocycles. The van der Waals surface area contributed by atoms with Crippen LogP contribution in [0.5, 0.6) is 0 Å². The Morgan fingerprint density at radius 3 is 2.68 bits per heavy atom. The van der Waals surface area contributed by atoms with Crippen molar-refractivity contribution in [2.75, 3.05) is 11.9 Å². The fourth-order valence-corrected chi connectivity index (χ4v) is 2.01. The lowest BCUT2D eigenvalue weighted by Gasteiger charge is -2.25. The van der Waals surface area contributed by atoms with Crippen molar-refractivity contribution in [2.45, 2.75) is 26.2 Å². The second-order valence-corrected chi connectivity index (χ2v) is 4.88. The van der Waals surface area contributed by atoms with Gasteiger partial charge in [-0.3, -0.25) is 9.59 Å². The van der Waals surface area contributed by atoms with Gasteiger partial charge in [0.2, 0.25) is 5.91 Å². The zero-order chi connectivity index (χ0) is 13.8. The van der Waals surface area contributed by atoms with E-state index >= 15 is 0 Å². The van der Waals surface area contributed by atoms with Crippen molar-refractivity contribution in [3.63, 3.8) is 0 Å². The van der Waals surface area contributed by atoms with Crippen molar-refractivity contribution in [3.05, 3.63) is 29.6 Å². The number of hydrogen-bond acceptors (Lipinski definition) is 2. The molecule has 0 unspecified atom stereocenters. The largest absolute Gasteiger partial charge is 0.352 e. The standard InChI is InChI=1S/C14H17FN2O2/c1-9(18)17-11-5-6-13(15)12(7-11)14(19)16-8-10-3-2-4-10/h5-7,10H,2-4,8H2,1H3,(H,16,19)(H,17,18). The summed E-state index contributed by atoms with van der Waals surface area (Å²) in [6.45, 7) is 1.95. The Kier molecular flexibility index (Phi) is 4.14. The summed E-state index contributed by atoms with van der Waals surface area (Å²) in [5, 5.41) is 5.26. The monoisotopic (exact) mass is 264 g/mol. The van der Waals surface area contributed by atoms with E-state index in [0.29, 0.717) is 18.2 Å². The molecule has 0 radical (unpaired) electrons. The fraction of sp³-hybridized carbons (Fsp3) is 0.429. The van der Waals surface area contributed by atoms with E-state index in [1.165, 1.54) is 31.5 Å². The van der Waals surface area contributed by atoms with Crippen molar-refractivity contribution in [2.24, 2.45) is 5.92 Å². The minimum absolute atomic E-state index is 0.0365. The molecule has 1 aromatic carbocycles. The van der Waals surface area contributed by atoms with Gasteiger partial charge in [-0.25, -0.2) is 4.39 Å². The summed E-state index contributed by atoms with van der Waals surface area (Å²) < 4.78 is 13.6. The molecule has 0 saturated heterocycles. The van der Waals surface area contributed by atoms with Crippen LogP contribution in [-0.2, 0) is 4.79 Å². The Hall–Kier alpha value is -1.91. The predicted octanol–water partition coefficient (Wildman–Crippen LogP) is 2.31. The number of benzene rings is 1. The maximum Gasteiger partial charge on any atom is 0.254 e. The van der Waals surface area contributed by atoms with Crippen molar-refractivity contribution >= 4 is 17.5 Å². The van der Waals surface area contributed by atoms with Crippen LogP contribution in [0.3, 0.4) is 0 Å². The van der Waals surface area contributed by atoms with Crippen molar-refractivity contribution in [1.29, 1.82) is 0 Å². The van der Waals surface area contributed by atoms with Crippen LogP contribution in [-0.4, -0.2) is 18.4 Å². The minimum atomic E-state index is -0.583. The Morgan fingerprint density at radius 1 is 1.37 bits per heavy atom. The summed E-state index contributed by atoms with van der Waals surface area (Å²) in [7, 11) is 0. The quantitative estimate of drug-likeness (QED) is 0.876. The van der Waals surface area contributed by atoms with Crippen LogP contribution in [0.25, 0.3) is 0 Å². The number of carbonyl (C=O) groups excluding carboxylic acids is 2. The van der Waals surface area contributed by atoms with Gasteiger partial charge in [-0.05, 0) is 37.0 Å². The average molecular weight is 264 g/mol. The smallest absolute Gasteiger partial charge is 0.254 e. The van der Waals surface area contributed by atoms with Gasteiger partial charge in [0.25, 0.3) is 5.91 Å². The Labute approximate surface area is 111 Å². The van der Waals surface area contributed by atoms with Crippen LogP contribution in [0.4, 0.5) is 10.1 Å². The van der Waals surface area contributed by atoms with Crippen LogP contribution in [0.15, 0.2) is 18.2 Å². The third-order valence-corrected chi connectivity index (χ3v) is 3.31. The van der Waals surface area contributed by atoms with Gasteiger partial charge in [-0.2, -0.15) is 0 Å². The SMILES string of the molecule is CC(=O)Nc1ccc(F)c(C(=O)NCC2CCC2)c1. The third-order valence-electron chi connectivity index (χ3n) is 3.31. The second-order valence-electron chi connectivity index (χ2n) is 4.88. The molecule has 1 fully saturated rings. The Bertz CT molecular complexity index is 498. The number of nitrogens with one attached hydrogen (secondary N) is 2. The van der Waals surface area contributed by atoms with Gasteiger partial charge in [0.1, 0.15) is 5.82 Å². The van der Waals surface area contributed by atoms with Crippen LogP contribution < -0.4 is 10.6 Å². The van der Waals surface area contributed by atoms with Crippen LogP contribution in [0, 0.1) is 11.7 Å². The van der Waals surface area contributed by atoms with Gasteiger partial charge in [-0.15, -0.1) is 0 Å². The topological polar surface area (TPSA) is 58.2 Å². The van der Waals surface area contributed by atoms with E-state index in [0.717, 1.165) is 12.8 Å². The molecule has 1 aliphatic carbocycles. The van der Waals surface area contributed by atoms with Crippen LogP contribution in [0.1, 0.15) is 36.5 Å². The number of hydrogen-bond donors (Lipinski definition) is 2. The summed E-state index contributed by atoms with van der Waals surface area (Å²) in [6, 6.07) is 3.97. The maximum atomic E-state index is 13.6. The van der Waals surface area contributed by atoms with E-state index in [1.54, 1.807) is 0 Å². The van der Waals surface area contributed by atoms with Crippen LogP contribution >= 0.6 is 0 Å². The van der Waals surface area contributed by atoms with E-state index in [4.69, 9.17) is 0 Å². The first-order chi connectivity index (χ1) is 9.06. The van der Waals surface area contributed by atoms with Crippen molar-refractivity contribution in [1.82, 2.24) is 5.32 Å². The first-order valence-corrected chi connectivity index (χ1v) is 6.41. The molecule has 2 N–H and O–H groups in total. The Balaban J connectivity index is 2.03. The molecule has 2 amide bonds. The fourth-order valence-electron chi connectivity index (χ4n) is 2.01. The van der Waals surface area contributed by atoms with Gasteiger partial charge in [0.15, 0.2) is 0 Å². The van der Waals surface area contributed by atoms with Crippen molar-refractivity contribution < 1.29 is 14.0 Å². The lowest BCUT2D eigenvalue weighted by molar-refractivity contribution is -0.114. The third kappa shape index (κ3) is 3.53. The molecule has 0 aliphatic heterocycles. The van der Waals surface area contributed by atoms with E-state index < -0.39 is 11.7 Å². The van der Waals surface area contributed by atoms with Crippen molar-refractivity contribution in [3.8, 4) is 0 Å². The summed E-state index contributed by atoms with van der Waals surface area (Å²) in [5.74, 6) is -0.755. The normalized spacial score (nSPS) is 14.6. The number of anilines is 1. The molecule has 0 bridgehead atoms. The molecular weight excluding hydrogens is 247 g/mol. The highest BCUT2D eigenvalue weighted by molar-refractivity contribution is 5.97. The Morgan fingerprint density at radius 2 is 2.11 bits per heavy atom. The predicted molar refractivity (Wildman–Crippen MR) is 70.4 cm³/mol. The molecule has 1 aromatic rings. The molecule has 0 spiro atoms. The van der Waals surface area contributed by atoms with Gasteiger partial charge in [0, 0.05) is 19.2 Å². The van der Waals surface area contributed by atoms with Crippen LogP contribution in [0.2, 0.25) is 0 Å². The number of halogens is 1. The zero-order valence-corrected chi connectivity index (χ0v) is 10.8. The number of rotatable bonds is 4. The summed E-state index contributed by atoms with van der Waals surface area (Å²) >= 11 is 0. The maximum absolute atomic E-state index is 13.6. The molecule has 0 heterocycles. The molecular formula is C14H17FN2O2. The lowest BCUT2D eigenvalue weighted by atomic mass is 9.85. The zero-order valence-electron chi connectivity index (χ0n) is 10.8. The highest BCUT2D eigenvalue weighted by atomic mass is 19.1. The first-order valence-electron chi connectivity index (χ1n) is 6.41. The molecule has 5 heteroatoms. The molecule has 0 aromatic heterocycles. The molecule has 102 valence electrons. The molecule has 1 aliphatic rings. The van der Waals surface area contributed by atoms with E-state index in [9.17, 15) is 14.0 Å². The highest BCUT2D eigenvalue weighted by Gasteiger charge is 2.19. The molecule has 0 atom stereocenters. The molecule has 2 rings (SSSR count). The van der Waals surface area contributed by atoms with Gasteiger partial charge < -0.3 is 10.6 Å². The lowest BCUT2D eigenvalue weighted by Crippen LogP contribution is -2.32. The van der Waals surface area contributed by atoms with E-state index in [-0.39, 0.29) is 11.5 Å². The molecule has 19 heavy (non-hydrogen) atoms. The van der Waals surface area contributed by atoms with Gasteiger partial charge in [0.05, 0.1) is 5.56 Å². The highest BCUT2D eigenvalue weighted by Crippen LogP contribution is 2.25. The minimum Gasteiger partial charge on any atom is -0.352 e. The summed E-state index contributed by atoms with van der Waals surface area (Å²) in [5.41, 5.74) is 0.383. The van der Waals surface area contributed by atoms with E-state index in [2.05, 4.69) is 10.6 Å².